The molecule has 0 aliphatic rings. The first-order valence-corrected chi connectivity index (χ1v) is 6.82. The van der Waals surface area contributed by atoms with Crippen molar-refractivity contribution >= 4 is 27.6 Å². The number of hydrogen-bond acceptors (Lipinski definition) is 6. The number of ether oxygens (including phenoxy) is 1. The molecule has 7 heteroatoms. The lowest BCUT2D eigenvalue weighted by Gasteiger charge is -2.02. The van der Waals surface area contributed by atoms with Crippen molar-refractivity contribution in [2.45, 2.75) is 6.92 Å². The Kier molecular flexibility index (Phi) is 3.19. The molecule has 1 aromatic carbocycles. The summed E-state index contributed by atoms with van der Waals surface area (Å²) in [6, 6.07) is 6.13. The van der Waals surface area contributed by atoms with Crippen LogP contribution in [0.5, 0.6) is 5.88 Å². The van der Waals surface area contributed by atoms with Crippen molar-refractivity contribution in [2.24, 2.45) is 0 Å². The number of fused-ring (bicyclic) bond motifs is 1. The van der Waals surface area contributed by atoms with Crippen LogP contribution in [0.2, 0.25) is 0 Å². The fraction of sp³-hybridized carbons (Fsp3) is 0.154. The maximum absolute atomic E-state index is 12.9. The molecule has 0 atom stereocenters. The summed E-state index contributed by atoms with van der Waals surface area (Å²) in [5.74, 6) is 0.240. The molecule has 0 amide bonds. The fourth-order valence-corrected chi connectivity index (χ4v) is 2.71. The van der Waals surface area contributed by atoms with Crippen molar-refractivity contribution in [2.75, 3.05) is 12.3 Å². The number of aromatic nitrogens is 3. The van der Waals surface area contributed by atoms with Crippen LogP contribution in [-0.4, -0.2) is 21.6 Å². The van der Waals surface area contributed by atoms with Crippen LogP contribution in [0.3, 0.4) is 0 Å². The minimum Gasteiger partial charge on any atom is -0.476 e. The zero-order valence-electron chi connectivity index (χ0n) is 10.6. The van der Waals surface area contributed by atoms with E-state index in [2.05, 4.69) is 15.0 Å². The summed E-state index contributed by atoms with van der Waals surface area (Å²) in [6.45, 7) is 2.33. The van der Waals surface area contributed by atoms with E-state index >= 15 is 0 Å². The third kappa shape index (κ3) is 2.27. The van der Waals surface area contributed by atoms with Crippen LogP contribution in [0.4, 0.5) is 10.3 Å². The molecule has 2 N–H and O–H groups in total. The highest BCUT2D eigenvalue weighted by molar-refractivity contribution is 7.21. The van der Waals surface area contributed by atoms with E-state index in [0.29, 0.717) is 22.8 Å². The van der Waals surface area contributed by atoms with Gasteiger partial charge in [0.05, 0.1) is 6.61 Å². The van der Waals surface area contributed by atoms with Gasteiger partial charge in [-0.15, -0.1) is 0 Å². The van der Waals surface area contributed by atoms with E-state index in [1.807, 2.05) is 6.92 Å². The molecule has 2 heterocycles. The molecule has 20 heavy (non-hydrogen) atoms. The maximum Gasteiger partial charge on any atom is 0.246 e. The van der Waals surface area contributed by atoms with Gasteiger partial charge in [0, 0.05) is 5.56 Å². The molecule has 0 fully saturated rings. The quantitative estimate of drug-likeness (QED) is 0.803. The molecule has 0 unspecified atom stereocenters. The predicted molar refractivity (Wildman–Crippen MR) is 76.2 cm³/mol. The Bertz CT molecular complexity index is 757. The van der Waals surface area contributed by atoms with E-state index in [1.165, 1.54) is 23.5 Å². The normalized spacial score (nSPS) is 10.9. The Hall–Kier alpha value is -2.28. The molecular weight excluding hydrogens is 279 g/mol. The lowest BCUT2D eigenvalue weighted by atomic mass is 10.2. The number of benzene rings is 1. The van der Waals surface area contributed by atoms with Crippen molar-refractivity contribution in [3.63, 3.8) is 0 Å². The van der Waals surface area contributed by atoms with E-state index in [9.17, 15) is 4.39 Å². The molecule has 102 valence electrons. The summed E-state index contributed by atoms with van der Waals surface area (Å²) in [4.78, 5) is 13.3. The third-order valence-electron chi connectivity index (χ3n) is 2.62. The number of nitrogen functional groups attached to an aromatic ring is 1. The average Bonchev–Trinajstić information content (AvgIpc) is 2.83. The molecule has 0 saturated carbocycles. The Labute approximate surface area is 118 Å². The molecule has 3 rings (SSSR count). The van der Waals surface area contributed by atoms with Gasteiger partial charge < -0.3 is 10.5 Å². The second-order valence-electron chi connectivity index (χ2n) is 4.00. The first-order valence-electron chi connectivity index (χ1n) is 6.00. The SMILES string of the molecule is CCOc1nc(N)nc2sc(-c3ccc(F)cc3)nc12. The largest absolute Gasteiger partial charge is 0.476 e. The second-order valence-corrected chi connectivity index (χ2v) is 4.98. The van der Waals surface area contributed by atoms with Crippen LogP contribution >= 0.6 is 11.3 Å². The predicted octanol–water partition coefficient (Wildman–Crippen LogP) is 2.87. The highest BCUT2D eigenvalue weighted by atomic mass is 32.1. The monoisotopic (exact) mass is 290 g/mol. The zero-order valence-corrected chi connectivity index (χ0v) is 11.4. The van der Waals surface area contributed by atoms with Crippen molar-refractivity contribution in [3.8, 4) is 16.5 Å². The van der Waals surface area contributed by atoms with E-state index < -0.39 is 0 Å². The third-order valence-corrected chi connectivity index (χ3v) is 3.61. The number of nitrogens with two attached hydrogens (primary N) is 1. The number of hydrogen-bond donors (Lipinski definition) is 1. The van der Waals surface area contributed by atoms with Crippen LogP contribution in [0.25, 0.3) is 20.9 Å². The number of anilines is 1. The van der Waals surface area contributed by atoms with Gasteiger partial charge >= 0.3 is 0 Å². The van der Waals surface area contributed by atoms with Crippen molar-refractivity contribution in [3.05, 3.63) is 30.1 Å². The standard InChI is InChI=1S/C13H11FN4OS/c1-2-19-10-9-12(18-13(15)17-10)20-11(16-9)7-3-5-8(14)6-4-7/h3-6H,2H2,1H3,(H2,15,17,18). The Morgan fingerprint density at radius 3 is 2.65 bits per heavy atom. The van der Waals surface area contributed by atoms with Gasteiger partial charge in [0.2, 0.25) is 11.8 Å². The number of rotatable bonds is 3. The molecule has 5 nitrogen and oxygen atoms in total. The molecule has 0 aliphatic carbocycles. The molecule has 0 bridgehead atoms. The Morgan fingerprint density at radius 2 is 1.95 bits per heavy atom. The molecular formula is C13H11FN4OS. The highest BCUT2D eigenvalue weighted by Gasteiger charge is 2.14. The number of halogens is 1. The molecule has 0 radical (unpaired) electrons. The summed E-state index contributed by atoms with van der Waals surface area (Å²) in [5, 5.41) is 0.723. The van der Waals surface area contributed by atoms with E-state index in [1.54, 1.807) is 12.1 Å². The summed E-state index contributed by atoms with van der Waals surface area (Å²) in [7, 11) is 0. The zero-order chi connectivity index (χ0) is 14.1. The van der Waals surface area contributed by atoms with Gasteiger partial charge in [-0.25, -0.2) is 14.4 Å². The minimum atomic E-state index is -0.283. The van der Waals surface area contributed by atoms with E-state index in [0.717, 1.165) is 10.6 Å². The van der Waals surface area contributed by atoms with Gasteiger partial charge in [0.25, 0.3) is 0 Å². The number of thiazole rings is 1. The van der Waals surface area contributed by atoms with Crippen molar-refractivity contribution in [1.82, 2.24) is 15.0 Å². The van der Waals surface area contributed by atoms with Crippen LogP contribution in [0, 0.1) is 5.82 Å². The Morgan fingerprint density at radius 1 is 1.20 bits per heavy atom. The van der Waals surface area contributed by atoms with Crippen LogP contribution in [0.15, 0.2) is 24.3 Å². The highest BCUT2D eigenvalue weighted by Crippen LogP contribution is 2.33. The Balaban J connectivity index is 2.14. The maximum atomic E-state index is 12.9. The first-order chi connectivity index (χ1) is 9.67. The van der Waals surface area contributed by atoms with E-state index in [4.69, 9.17) is 10.5 Å². The van der Waals surface area contributed by atoms with Crippen molar-refractivity contribution in [1.29, 1.82) is 0 Å². The smallest absolute Gasteiger partial charge is 0.246 e. The molecule has 0 saturated heterocycles. The van der Waals surface area contributed by atoms with Gasteiger partial charge in [0.1, 0.15) is 10.8 Å². The summed E-state index contributed by atoms with van der Waals surface area (Å²) in [6.07, 6.45) is 0. The van der Waals surface area contributed by atoms with Gasteiger partial charge in [-0.3, -0.25) is 0 Å². The number of nitrogens with zero attached hydrogens (tertiary/aromatic N) is 3. The molecule has 0 aliphatic heterocycles. The first kappa shape index (κ1) is 12.7. The molecule has 2 aromatic heterocycles. The van der Waals surface area contributed by atoms with Crippen LogP contribution < -0.4 is 10.5 Å². The van der Waals surface area contributed by atoms with Gasteiger partial charge in [0.15, 0.2) is 10.3 Å². The summed E-state index contributed by atoms with van der Waals surface area (Å²) < 4.78 is 18.4. The van der Waals surface area contributed by atoms with Crippen LogP contribution in [-0.2, 0) is 0 Å². The topological polar surface area (TPSA) is 73.9 Å². The fourth-order valence-electron chi connectivity index (χ4n) is 1.77. The molecule has 3 aromatic rings. The van der Waals surface area contributed by atoms with Crippen molar-refractivity contribution < 1.29 is 9.13 Å². The second kappa shape index (κ2) is 5.01. The van der Waals surface area contributed by atoms with Gasteiger partial charge in [-0.2, -0.15) is 4.98 Å². The molecule has 0 spiro atoms. The lowest BCUT2D eigenvalue weighted by molar-refractivity contribution is 0.331. The minimum absolute atomic E-state index is 0.148. The van der Waals surface area contributed by atoms with Gasteiger partial charge in [-0.1, -0.05) is 11.3 Å². The summed E-state index contributed by atoms with van der Waals surface area (Å²) in [5.41, 5.74) is 7.04. The lowest BCUT2D eigenvalue weighted by Crippen LogP contribution is -2.00. The van der Waals surface area contributed by atoms with E-state index in [-0.39, 0.29) is 11.8 Å². The average molecular weight is 290 g/mol. The van der Waals surface area contributed by atoms with Crippen LogP contribution in [0.1, 0.15) is 6.92 Å². The van der Waals surface area contributed by atoms with Gasteiger partial charge in [-0.05, 0) is 31.2 Å². The summed E-state index contributed by atoms with van der Waals surface area (Å²) >= 11 is 1.37.